The summed E-state index contributed by atoms with van der Waals surface area (Å²) in [5.41, 5.74) is 0.673. The van der Waals surface area contributed by atoms with Crippen LogP contribution in [0.3, 0.4) is 0 Å². The van der Waals surface area contributed by atoms with Crippen LogP contribution in [0.15, 0.2) is 28.9 Å². The minimum atomic E-state index is -1.10. The molecule has 0 radical (unpaired) electrons. The SMILES string of the molecule is Cc1oc(C(=O)O)cc1COc1cncc(Cl)c1. The molecule has 0 spiro atoms. The predicted molar refractivity (Wildman–Crippen MR) is 64.0 cm³/mol. The second-order valence-electron chi connectivity index (χ2n) is 3.62. The van der Waals surface area contributed by atoms with Crippen LogP contribution in [0.25, 0.3) is 0 Å². The Morgan fingerprint density at radius 1 is 1.50 bits per heavy atom. The van der Waals surface area contributed by atoms with Crippen molar-refractivity contribution in [2.45, 2.75) is 13.5 Å². The second-order valence-corrected chi connectivity index (χ2v) is 4.06. The first-order chi connectivity index (χ1) is 8.56. The van der Waals surface area contributed by atoms with E-state index in [-0.39, 0.29) is 12.4 Å². The molecule has 2 heterocycles. The van der Waals surface area contributed by atoms with Gasteiger partial charge < -0.3 is 14.3 Å². The van der Waals surface area contributed by atoms with Crippen molar-refractivity contribution in [3.05, 3.63) is 46.6 Å². The molecule has 5 nitrogen and oxygen atoms in total. The molecule has 2 aromatic rings. The number of ether oxygens (including phenoxy) is 1. The van der Waals surface area contributed by atoms with Crippen LogP contribution in [0.2, 0.25) is 5.02 Å². The predicted octanol–water partition coefficient (Wildman–Crippen LogP) is 2.91. The monoisotopic (exact) mass is 267 g/mol. The van der Waals surface area contributed by atoms with Crippen LogP contribution in [0.5, 0.6) is 5.75 Å². The third-order valence-electron chi connectivity index (χ3n) is 2.31. The average Bonchev–Trinajstić information content (AvgIpc) is 2.68. The van der Waals surface area contributed by atoms with Crippen molar-refractivity contribution in [1.82, 2.24) is 4.98 Å². The van der Waals surface area contributed by atoms with Crippen molar-refractivity contribution in [1.29, 1.82) is 0 Å². The lowest BCUT2D eigenvalue weighted by Gasteiger charge is -2.04. The highest BCUT2D eigenvalue weighted by atomic mass is 35.5. The van der Waals surface area contributed by atoms with E-state index in [0.29, 0.717) is 22.1 Å². The minimum absolute atomic E-state index is 0.102. The zero-order valence-electron chi connectivity index (χ0n) is 9.51. The number of pyridine rings is 1. The summed E-state index contributed by atoms with van der Waals surface area (Å²) in [5.74, 6) is -0.175. The molecule has 94 valence electrons. The Labute approximate surface area is 108 Å². The van der Waals surface area contributed by atoms with Crippen LogP contribution in [-0.2, 0) is 6.61 Å². The van der Waals surface area contributed by atoms with Gasteiger partial charge in [0.1, 0.15) is 18.1 Å². The van der Waals surface area contributed by atoms with Gasteiger partial charge in [0, 0.05) is 17.8 Å². The molecule has 0 aliphatic carbocycles. The van der Waals surface area contributed by atoms with E-state index in [4.69, 9.17) is 25.9 Å². The highest BCUT2D eigenvalue weighted by Crippen LogP contribution is 2.19. The molecular formula is C12H10ClNO4. The minimum Gasteiger partial charge on any atom is -0.487 e. The maximum atomic E-state index is 10.7. The highest BCUT2D eigenvalue weighted by molar-refractivity contribution is 6.30. The van der Waals surface area contributed by atoms with Gasteiger partial charge in [0.15, 0.2) is 0 Å². The zero-order valence-corrected chi connectivity index (χ0v) is 10.3. The van der Waals surface area contributed by atoms with Crippen LogP contribution < -0.4 is 4.74 Å². The number of aryl methyl sites for hydroxylation is 1. The maximum absolute atomic E-state index is 10.7. The van der Waals surface area contributed by atoms with E-state index in [1.54, 1.807) is 13.0 Å². The molecule has 0 aromatic carbocycles. The molecule has 6 heteroatoms. The number of carboxylic acid groups (broad SMARTS) is 1. The number of rotatable bonds is 4. The normalized spacial score (nSPS) is 10.3. The number of nitrogens with zero attached hydrogens (tertiary/aromatic N) is 1. The van der Waals surface area contributed by atoms with Gasteiger partial charge in [-0.15, -0.1) is 0 Å². The van der Waals surface area contributed by atoms with E-state index in [2.05, 4.69) is 4.98 Å². The van der Waals surface area contributed by atoms with Crippen LogP contribution in [0.1, 0.15) is 21.9 Å². The average molecular weight is 268 g/mol. The molecule has 0 saturated carbocycles. The number of hydrogen-bond donors (Lipinski definition) is 1. The molecule has 0 unspecified atom stereocenters. The van der Waals surface area contributed by atoms with Gasteiger partial charge in [-0.05, 0) is 13.0 Å². The Morgan fingerprint density at radius 2 is 2.28 bits per heavy atom. The number of carbonyl (C=O) groups is 1. The number of furan rings is 1. The first-order valence-electron chi connectivity index (χ1n) is 5.12. The largest absolute Gasteiger partial charge is 0.487 e. The van der Waals surface area contributed by atoms with Gasteiger partial charge in [-0.2, -0.15) is 0 Å². The molecule has 1 N–H and O–H groups in total. The Balaban J connectivity index is 2.08. The lowest BCUT2D eigenvalue weighted by molar-refractivity contribution is 0.0661. The lowest BCUT2D eigenvalue weighted by atomic mass is 10.2. The summed E-state index contributed by atoms with van der Waals surface area (Å²) >= 11 is 5.76. The molecule has 0 aliphatic rings. The third-order valence-corrected chi connectivity index (χ3v) is 2.51. The van der Waals surface area contributed by atoms with E-state index in [1.807, 2.05) is 0 Å². The summed E-state index contributed by atoms with van der Waals surface area (Å²) < 4.78 is 10.5. The number of aromatic carboxylic acids is 1. The van der Waals surface area contributed by atoms with Gasteiger partial charge in [-0.3, -0.25) is 4.98 Å². The van der Waals surface area contributed by atoms with E-state index >= 15 is 0 Å². The number of aromatic nitrogens is 1. The fourth-order valence-corrected chi connectivity index (χ4v) is 1.56. The molecule has 2 aromatic heterocycles. The van der Waals surface area contributed by atoms with Gasteiger partial charge in [0.2, 0.25) is 5.76 Å². The standard InChI is InChI=1S/C12H10ClNO4/c1-7-8(2-11(18-7)12(15)16)6-17-10-3-9(13)4-14-5-10/h2-5H,6H2,1H3,(H,15,16). The quantitative estimate of drug-likeness (QED) is 0.922. The van der Waals surface area contributed by atoms with Gasteiger partial charge in [-0.1, -0.05) is 11.6 Å². The molecular weight excluding hydrogens is 258 g/mol. The van der Waals surface area contributed by atoms with Crippen LogP contribution in [-0.4, -0.2) is 16.1 Å². The van der Waals surface area contributed by atoms with E-state index in [1.165, 1.54) is 18.5 Å². The topological polar surface area (TPSA) is 72.6 Å². The first kappa shape index (κ1) is 12.4. The Morgan fingerprint density at radius 3 is 2.89 bits per heavy atom. The van der Waals surface area contributed by atoms with Crippen molar-refractivity contribution in [2.24, 2.45) is 0 Å². The summed E-state index contributed by atoms with van der Waals surface area (Å²) in [6.45, 7) is 1.88. The van der Waals surface area contributed by atoms with Crippen molar-refractivity contribution >= 4 is 17.6 Å². The smallest absolute Gasteiger partial charge is 0.371 e. The van der Waals surface area contributed by atoms with Crippen molar-refractivity contribution in [3.63, 3.8) is 0 Å². The van der Waals surface area contributed by atoms with Gasteiger partial charge in [-0.25, -0.2) is 4.79 Å². The van der Waals surface area contributed by atoms with Crippen LogP contribution >= 0.6 is 11.6 Å². The van der Waals surface area contributed by atoms with Crippen molar-refractivity contribution < 1.29 is 19.1 Å². The van der Waals surface area contributed by atoms with Crippen molar-refractivity contribution in [2.75, 3.05) is 0 Å². The molecule has 18 heavy (non-hydrogen) atoms. The van der Waals surface area contributed by atoms with Gasteiger partial charge >= 0.3 is 5.97 Å². The van der Waals surface area contributed by atoms with E-state index in [0.717, 1.165) is 0 Å². The number of hydrogen-bond acceptors (Lipinski definition) is 4. The Kier molecular flexibility index (Phi) is 3.53. The summed E-state index contributed by atoms with van der Waals surface area (Å²) in [7, 11) is 0. The Hall–Kier alpha value is -2.01. The maximum Gasteiger partial charge on any atom is 0.371 e. The molecule has 0 amide bonds. The van der Waals surface area contributed by atoms with Crippen LogP contribution in [0.4, 0.5) is 0 Å². The summed E-state index contributed by atoms with van der Waals surface area (Å²) in [6, 6.07) is 3.07. The zero-order chi connectivity index (χ0) is 13.1. The van der Waals surface area contributed by atoms with Crippen LogP contribution in [0, 0.1) is 6.92 Å². The fourth-order valence-electron chi connectivity index (χ4n) is 1.40. The highest BCUT2D eigenvalue weighted by Gasteiger charge is 2.13. The fraction of sp³-hybridized carbons (Fsp3) is 0.167. The summed E-state index contributed by atoms with van der Waals surface area (Å²) in [5, 5.41) is 9.26. The van der Waals surface area contributed by atoms with Crippen molar-refractivity contribution in [3.8, 4) is 5.75 Å². The lowest BCUT2D eigenvalue weighted by Crippen LogP contribution is -1.96. The second kappa shape index (κ2) is 5.10. The summed E-state index contributed by atoms with van der Waals surface area (Å²) in [4.78, 5) is 14.6. The number of carboxylic acids is 1. The first-order valence-corrected chi connectivity index (χ1v) is 5.50. The molecule has 0 bridgehead atoms. The molecule has 0 fully saturated rings. The van der Waals surface area contributed by atoms with Gasteiger partial charge in [0.05, 0.1) is 11.2 Å². The Bertz CT molecular complexity index is 579. The molecule has 0 aliphatic heterocycles. The van der Waals surface area contributed by atoms with Gasteiger partial charge in [0.25, 0.3) is 0 Å². The number of halogens is 1. The van der Waals surface area contributed by atoms with E-state index < -0.39 is 5.97 Å². The van der Waals surface area contributed by atoms with E-state index in [9.17, 15) is 4.79 Å². The summed E-state index contributed by atoms with van der Waals surface area (Å²) in [6.07, 6.45) is 3.03. The molecule has 0 atom stereocenters. The molecule has 0 saturated heterocycles. The molecule has 2 rings (SSSR count). The third kappa shape index (κ3) is 2.81.